The molecular formula is C24H26ClN7O2. The highest BCUT2D eigenvalue weighted by atomic mass is 35.5. The largest absolute Gasteiger partial charge is 0.465 e. The van der Waals surface area contributed by atoms with Crippen molar-refractivity contribution in [1.82, 2.24) is 25.1 Å². The lowest BCUT2D eigenvalue weighted by Crippen LogP contribution is -2.55. The molecule has 0 radical (unpaired) electrons. The zero-order chi connectivity index (χ0) is 23.8. The van der Waals surface area contributed by atoms with Crippen LogP contribution in [0.1, 0.15) is 47.6 Å². The summed E-state index contributed by atoms with van der Waals surface area (Å²) in [6.45, 7) is 3.38. The highest BCUT2D eigenvalue weighted by molar-refractivity contribution is 6.28. The van der Waals surface area contributed by atoms with Crippen LogP contribution in [0.2, 0.25) is 5.28 Å². The molecule has 1 aliphatic heterocycles. The number of H-pyrrole nitrogens is 1. The predicted molar refractivity (Wildman–Crippen MR) is 128 cm³/mol. The smallest absolute Gasteiger partial charge is 0.407 e. The van der Waals surface area contributed by atoms with Gasteiger partial charge < -0.3 is 14.9 Å². The molecule has 0 saturated carbocycles. The molecule has 2 N–H and O–H groups in total. The molecular weight excluding hydrogens is 454 g/mol. The number of nitriles is 1. The summed E-state index contributed by atoms with van der Waals surface area (Å²) in [5, 5.41) is 27.4. The van der Waals surface area contributed by atoms with E-state index in [2.05, 4.69) is 50.2 Å². The third-order valence-corrected chi connectivity index (χ3v) is 7.28. The lowest BCUT2D eigenvalue weighted by atomic mass is 9.86. The van der Waals surface area contributed by atoms with E-state index < -0.39 is 12.1 Å². The minimum atomic E-state index is -0.994. The molecule has 1 saturated heterocycles. The fraction of sp³-hybridized carbons (Fsp3) is 0.458. The van der Waals surface area contributed by atoms with E-state index in [1.54, 1.807) is 0 Å². The van der Waals surface area contributed by atoms with Gasteiger partial charge in [-0.15, -0.1) is 0 Å². The van der Waals surface area contributed by atoms with Crippen molar-refractivity contribution in [2.45, 2.75) is 51.0 Å². The van der Waals surface area contributed by atoms with Crippen molar-refractivity contribution in [2.24, 2.45) is 0 Å². The average molecular weight is 480 g/mol. The molecule has 2 aliphatic rings. The summed E-state index contributed by atoms with van der Waals surface area (Å²) in [7, 11) is 0. The topological polar surface area (TPSA) is 122 Å². The Bertz CT molecular complexity index is 1280. The third-order valence-electron chi connectivity index (χ3n) is 7.11. The molecule has 2 aromatic heterocycles. The van der Waals surface area contributed by atoms with Crippen LogP contribution in [0.15, 0.2) is 18.3 Å². The number of carbonyl (C=O) groups is 1. The first-order valence-corrected chi connectivity index (χ1v) is 11.9. The SMILES string of the molecule is Cc1ccc2[nH]ncc2c1C1CCCc2c(nc(Cl)nc2N2CCN(C(=O)O)C(CC#N)C2)C1. The van der Waals surface area contributed by atoms with E-state index >= 15 is 0 Å². The number of fused-ring (bicyclic) bond motifs is 2. The van der Waals surface area contributed by atoms with Crippen LogP contribution in [0, 0.1) is 18.3 Å². The van der Waals surface area contributed by atoms with Gasteiger partial charge in [0.25, 0.3) is 0 Å². The maximum absolute atomic E-state index is 11.6. The summed E-state index contributed by atoms with van der Waals surface area (Å²) >= 11 is 6.41. The minimum Gasteiger partial charge on any atom is -0.465 e. The van der Waals surface area contributed by atoms with Gasteiger partial charge in [-0.2, -0.15) is 10.4 Å². The number of benzene rings is 1. The minimum absolute atomic E-state index is 0.139. The number of carboxylic acid groups (broad SMARTS) is 1. The predicted octanol–water partition coefficient (Wildman–Crippen LogP) is 4.06. The van der Waals surface area contributed by atoms with Gasteiger partial charge in [0.2, 0.25) is 5.28 Å². The van der Waals surface area contributed by atoms with Crippen LogP contribution < -0.4 is 4.90 Å². The molecule has 0 spiro atoms. The molecule has 3 heterocycles. The van der Waals surface area contributed by atoms with E-state index in [0.717, 1.165) is 53.7 Å². The number of hydrogen-bond donors (Lipinski definition) is 2. The molecule has 2 atom stereocenters. The number of nitrogens with one attached hydrogen (secondary N) is 1. The van der Waals surface area contributed by atoms with Gasteiger partial charge in [0.15, 0.2) is 0 Å². The van der Waals surface area contributed by atoms with E-state index in [4.69, 9.17) is 11.6 Å². The molecule has 34 heavy (non-hydrogen) atoms. The van der Waals surface area contributed by atoms with Crippen LogP contribution in [0.4, 0.5) is 10.6 Å². The molecule has 1 amide bonds. The van der Waals surface area contributed by atoms with Crippen LogP contribution in [0.25, 0.3) is 10.9 Å². The zero-order valence-corrected chi connectivity index (χ0v) is 19.7. The van der Waals surface area contributed by atoms with Crippen molar-refractivity contribution < 1.29 is 9.90 Å². The van der Waals surface area contributed by atoms with Gasteiger partial charge in [-0.1, -0.05) is 6.07 Å². The first kappa shape index (κ1) is 22.4. The summed E-state index contributed by atoms with van der Waals surface area (Å²) in [5.41, 5.74) is 5.62. The van der Waals surface area contributed by atoms with Crippen molar-refractivity contribution in [2.75, 3.05) is 24.5 Å². The van der Waals surface area contributed by atoms with Gasteiger partial charge in [-0.05, 0) is 67.3 Å². The number of aromatic nitrogens is 4. The number of amides is 1. The number of aryl methyl sites for hydroxylation is 1. The monoisotopic (exact) mass is 479 g/mol. The van der Waals surface area contributed by atoms with Crippen molar-refractivity contribution >= 4 is 34.4 Å². The molecule has 3 aromatic rings. The molecule has 1 fully saturated rings. The second-order valence-electron chi connectivity index (χ2n) is 9.10. The zero-order valence-electron chi connectivity index (χ0n) is 19.0. The quantitative estimate of drug-likeness (QED) is 0.429. The standard InChI is InChI=1S/C24H26ClN7O2/c1-14-5-6-19-18(12-27-30-19)21(14)15-3-2-4-17-20(11-15)28-23(25)29-22(17)31-9-10-32(24(33)34)16(13-31)7-8-26/h5-6,12,15-16H,2-4,7,9-11,13H2,1H3,(H,27,30)(H,33,34). The Balaban J connectivity index is 1.49. The Kier molecular flexibility index (Phi) is 6.00. The molecule has 0 bridgehead atoms. The van der Waals surface area contributed by atoms with Crippen molar-refractivity contribution in [3.63, 3.8) is 0 Å². The highest BCUT2D eigenvalue weighted by Crippen LogP contribution is 2.39. The normalized spacial score (nSPS) is 20.6. The van der Waals surface area contributed by atoms with E-state index in [1.165, 1.54) is 16.0 Å². The fourth-order valence-electron chi connectivity index (χ4n) is 5.55. The van der Waals surface area contributed by atoms with Crippen molar-refractivity contribution in [3.8, 4) is 6.07 Å². The molecule has 1 aromatic carbocycles. The number of aromatic amines is 1. The van der Waals surface area contributed by atoms with E-state index in [1.807, 2.05) is 6.20 Å². The summed E-state index contributed by atoms with van der Waals surface area (Å²) in [6.07, 6.45) is 4.64. The summed E-state index contributed by atoms with van der Waals surface area (Å²) < 4.78 is 0. The van der Waals surface area contributed by atoms with Crippen molar-refractivity contribution in [3.05, 3.63) is 46.0 Å². The third kappa shape index (κ3) is 4.03. The maximum Gasteiger partial charge on any atom is 0.407 e. The van der Waals surface area contributed by atoms with Gasteiger partial charge in [0.1, 0.15) is 5.82 Å². The Hall–Kier alpha value is -3.38. The van der Waals surface area contributed by atoms with Crippen molar-refractivity contribution in [1.29, 1.82) is 5.26 Å². The van der Waals surface area contributed by atoms with Gasteiger partial charge >= 0.3 is 6.09 Å². The van der Waals surface area contributed by atoms with E-state index in [-0.39, 0.29) is 17.6 Å². The summed E-state index contributed by atoms with van der Waals surface area (Å²) in [4.78, 5) is 24.3. The number of halogens is 1. The van der Waals surface area contributed by atoms with Gasteiger partial charge in [-0.3, -0.25) is 5.10 Å². The maximum atomic E-state index is 11.6. The molecule has 1 aliphatic carbocycles. The average Bonchev–Trinajstić information content (AvgIpc) is 3.18. The Labute approximate surface area is 202 Å². The van der Waals surface area contributed by atoms with Crippen LogP contribution in [0.3, 0.4) is 0 Å². The molecule has 9 nitrogen and oxygen atoms in total. The number of nitrogens with zero attached hydrogens (tertiary/aromatic N) is 6. The first-order valence-electron chi connectivity index (χ1n) is 11.6. The summed E-state index contributed by atoms with van der Waals surface area (Å²) in [5.74, 6) is 1.07. The number of piperazine rings is 1. The first-order chi connectivity index (χ1) is 16.5. The molecule has 5 rings (SSSR count). The second kappa shape index (κ2) is 9.11. The summed E-state index contributed by atoms with van der Waals surface area (Å²) in [6, 6.07) is 5.92. The van der Waals surface area contributed by atoms with E-state index in [0.29, 0.717) is 19.6 Å². The van der Waals surface area contributed by atoms with Gasteiger partial charge in [0.05, 0.1) is 35.9 Å². The number of anilines is 1. The van der Waals surface area contributed by atoms with Gasteiger partial charge in [-0.25, -0.2) is 14.8 Å². The Morgan fingerprint density at radius 3 is 3.00 bits per heavy atom. The lowest BCUT2D eigenvalue weighted by molar-refractivity contribution is 0.119. The number of hydrogen-bond acceptors (Lipinski definition) is 6. The fourth-order valence-corrected chi connectivity index (χ4v) is 5.73. The van der Waals surface area contributed by atoms with Crippen LogP contribution in [0.5, 0.6) is 0 Å². The molecule has 10 heteroatoms. The van der Waals surface area contributed by atoms with Crippen LogP contribution >= 0.6 is 11.6 Å². The van der Waals surface area contributed by atoms with E-state index in [9.17, 15) is 15.2 Å². The number of rotatable bonds is 3. The lowest BCUT2D eigenvalue weighted by Gasteiger charge is -2.40. The molecule has 176 valence electrons. The Morgan fingerprint density at radius 1 is 1.35 bits per heavy atom. The highest BCUT2D eigenvalue weighted by Gasteiger charge is 2.33. The van der Waals surface area contributed by atoms with Gasteiger partial charge in [0, 0.05) is 30.6 Å². The Morgan fingerprint density at radius 2 is 2.21 bits per heavy atom. The molecule has 2 unspecified atom stereocenters. The van der Waals surface area contributed by atoms with Crippen LogP contribution in [-0.4, -0.2) is 61.9 Å². The second-order valence-corrected chi connectivity index (χ2v) is 9.44. The van der Waals surface area contributed by atoms with Crippen LogP contribution in [-0.2, 0) is 12.8 Å².